The van der Waals surface area contributed by atoms with Crippen molar-refractivity contribution < 1.29 is 9.53 Å². The lowest BCUT2D eigenvalue weighted by molar-refractivity contribution is 0.0264. The maximum absolute atomic E-state index is 11.9. The van der Waals surface area contributed by atoms with E-state index in [9.17, 15) is 4.79 Å². The summed E-state index contributed by atoms with van der Waals surface area (Å²) in [4.78, 5) is 13.5. The molecule has 2 unspecified atom stereocenters. The minimum Gasteiger partial charge on any atom is -0.444 e. The van der Waals surface area contributed by atoms with Crippen LogP contribution in [0.4, 0.5) is 4.79 Å². The van der Waals surface area contributed by atoms with Crippen LogP contribution >= 0.6 is 0 Å². The highest BCUT2D eigenvalue weighted by molar-refractivity contribution is 5.67. The second-order valence-electron chi connectivity index (χ2n) is 6.39. The summed E-state index contributed by atoms with van der Waals surface area (Å²) in [5.74, 6) is 0.461. The van der Waals surface area contributed by atoms with E-state index in [1.165, 1.54) is 19.3 Å². The van der Waals surface area contributed by atoms with Gasteiger partial charge in [0.15, 0.2) is 0 Å². The first kappa shape index (κ1) is 15.3. The summed E-state index contributed by atoms with van der Waals surface area (Å²) in [5.41, 5.74) is -0.419. The summed E-state index contributed by atoms with van der Waals surface area (Å²) >= 11 is 0. The molecule has 1 heterocycles. The van der Waals surface area contributed by atoms with Gasteiger partial charge in [0.2, 0.25) is 0 Å². The van der Waals surface area contributed by atoms with Crippen LogP contribution in [-0.4, -0.2) is 42.8 Å². The molecule has 0 aromatic heterocycles. The Balaban J connectivity index is 2.38. The first-order valence-electron chi connectivity index (χ1n) is 6.97. The zero-order valence-corrected chi connectivity index (χ0v) is 12.5. The molecule has 106 valence electrons. The van der Waals surface area contributed by atoms with Crippen molar-refractivity contribution in [3.8, 4) is 0 Å². The molecule has 4 heteroatoms. The molecule has 0 radical (unpaired) electrons. The molecule has 4 nitrogen and oxygen atoms in total. The average molecular weight is 256 g/mol. The normalized spacial score (nSPS) is 22.4. The Morgan fingerprint density at radius 1 is 1.44 bits per heavy atom. The van der Waals surface area contributed by atoms with Gasteiger partial charge >= 0.3 is 6.09 Å². The van der Waals surface area contributed by atoms with Crippen molar-refractivity contribution in [1.82, 2.24) is 10.2 Å². The molecule has 0 saturated carbocycles. The Bertz CT molecular complexity index is 267. The summed E-state index contributed by atoms with van der Waals surface area (Å²) in [7, 11) is 1.81. The van der Waals surface area contributed by atoms with Crippen molar-refractivity contribution in [1.29, 1.82) is 0 Å². The summed E-state index contributed by atoms with van der Waals surface area (Å²) in [6, 6.07) is 0.531. The SMILES string of the molecule is CC(CN(C)C(=O)OC(C)(C)C)C1CCCCN1. The van der Waals surface area contributed by atoms with Gasteiger partial charge in [-0.25, -0.2) is 4.79 Å². The Morgan fingerprint density at radius 2 is 2.11 bits per heavy atom. The van der Waals surface area contributed by atoms with E-state index in [2.05, 4.69) is 12.2 Å². The van der Waals surface area contributed by atoms with Crippen LogP contribution in [0.2, 0.25) is 0 Å². The van der Waals surface area contributed by atoms with Crippen molar-refractivity contribution in [2.24, 2.45) is 5.92 Å². The fraction of sp³-hybridized carbons (Fsp3) is 0.929. The number of carbonyl (C=O) groups is 1. The first-order valence-corrected chi connectivity index (χ1v) is 6.97. The van der Waals surface area contributed by atoms with Crippen molar-refractivity contribution >= 4 is 6.09 Å². The molecule has 2 atom stereocenters. The van der Waals surface area contributed by atoms with Crippen LogP contribution in [0.1, 0.15) is 47.0 Å². The lowest BCUT2D eigenvalue weighted by Gasteiger charge is -2.32. The standard InChI is InChI=1S/C14H28N2O2/c1-11(12-8-6-7-9-15-12)10-16(5)13(17)18-14(2,3)4/h11-12,15H,6-10H2,1-5H3. The zero-order chi connectivity index (χ0) is 13.8. The van der Waals surface area contributed by atoms with E-state index >= 15 is 0 Å². The predicted molar refractivity (Wildman–Crippen MR) is 73.7 cm³/mol. The highest BCUT2D eigenvalue weighted by Gasteiger charge is 2.24. The van der Waals surface area contributed by atoms with Gasteiger partial charge in [0.05, 0.1) is 0 Å². The molecule has 1 aliphatic rings. The van der Waals surface area contributed by atoms with Crippen LogP contribution in [0.5, 0.6) is 0 Å². The van der Waals surface area contributed by atoms with Gasteiger partial charge in [0, 0.05) is 19.6 Å². The number of ether oxygens (including phenoxy) is 1. The van der Waals surface area contributed by atoms with Crippen molar-refractivity contribution in [2.45, 2.75) is 58.6 Å². The van der Waals surface area contributed by atoms with Crippen LogP contribution in [0.25, 0.3) is 0 Å². The smallest absolute Gasteiger partial charge is 0.410 e. The van der Waals surface area contributed by atoms with E-state index in [1.54, 1.807) is 4.90 Å². The number of piperidine rings is 1. The maximum Gasteiger partial charge on any atom is 0.410 e. The molecule has 1 fully saturated rings. The van der Waals surface area contributed by atoms with E-state index in [0.29, 0.717) is 12.0 Å². The lowest BCUT2D eigenvalue weighted by Crippen LogP contribution is -2.45. The Hall–Kier alpha value is -0.770. The topological polar surface area (TPSA) is 41.6 Å². The second-order valence-corrected chi connectivity index (χ2v) is 6.39. The van der Waals surface area contributed by atoms with Gasteiger partial charge in [-0.3, -0.25) is 0 Å². The monoisotopic (exact) mass is 256 g/mol. The highest BCUT2D eigenvalue weighted by atomic mass is 16.6. The number of nitrogens with one attached hydrogen (secondary N) is 1. The minimum atomic E-state index is -0.419. The van der Waals surface area contributed by atoms with Crippen molar-refractivity contribution in [3.05, 3.63) is 0 Å². The van der Waals surface area contributed by atoms with Gasteiger partial charge < -0.3 is 15.0 Å². The largest absolute Gasteiger partial charge is 0.444 e. The third-order valence-corrected chi connectivity index (χ3v) is 3.30. The van der Waals surface area contributed by atoms with Gasteiger partial charge in [-0.05, 0) is 46.1 Å². The third kappa shape index (κ3) is 5.25. The van der Waals surface area contributed by atoms with Crippen LogP contribution < -0.4 is 5.32 Å². The number of rotatable bonds is 3. The van der Waals surface area contributed by atoms with E-state index < -0.39 is 5.60 Å². The Labute approximate surface area is 111 Å². The van der Waals surface area contributed by atoms with Gasteiger partial charge in [-0.1, -0.05) is 13.3 Å². The van der Waals surface area contributed by atoms with Gasteiger partial charge in [-0.2, -0.15) is 0 Å². The van der Waals surface area contributed by atoms with Crippen LogP contribution in [-0.2, 0) is 4.74 Å². The summed E-state index contributed by atoms with van der Waals surface area (Å²) in [6.45, 7) is 9.72. The first-order chi connectivity index (χ1) is 8.29. The molecular formula is C14H28N2O2. The second kappa shape index (κ2) is 6.41. The molecule has 1 rings (SSSR count). The van der Waals surface area contributed by atoms with Crippen LogP contribution in [0, 0.1) is 5.92 Å². The molecule has 1 N–H and O–H groups in total. The van der Waals surface area contributed by atoms with E-state index in [1.807, 2.05) is 27.8 Å². The molecule has 0 aromatic carbocycles. The van der Waals surface area contributed by atoms with E-state index in [0.717, 1.165) is 13.1 Å². The fourth-order valence-electron chi connectivity index (χ4n) is 2.34. The molecule has 0 aliphatic carbocycles. The summed E-state index contributed by atoms with van der Waals surface area (Å²) < 4.78 is 5.35. The zero-order valence-electron chi connectivity index (χ0n) is 12.5. The van der Waals surface area contributed by atoms with Crippen LogP contribution in [0.15, 0.2) is 0 Å². The van der Waals surface area contributed by atoms with E-state index in [-0.39, 0.29) is 6.09 Å². The number of hydrogen-bond acceptors (Lipinski definition) is 3. The lowest BCUT2D eigenvalue weighted by atomic mass is 9.93. The fourth-order valence-corrected chi connectivity index (χ4v) is 2.34. The molecule has 1 aliphatic heterocycles. The predicted octanol–water partition coefficient (Wildman–Crippen LogP) is 2.63. The average Bonchev–Trinajstić information content (AvgIpc) is 2.27. The molecule has 1 amide bonds. The van der Waals surface area contributed by atoms with Gasteiger partial charge in [0.1, 0.15) is 5.60 Å². The van der Waals surface area contributed by atoms with E-state index in [4.69, 9.17) is 4.74 Å². The molecule has 1 saturated heterocycles. The number of carbonyl (C=O) groups excluding carboxylic acids is 1. The van der Waals surface area contributed by atoms with Crippen molar-refractivity contribution in [2.75, 3.05) is 20.1 Å². The summed E-state index contributed by atoms with van der Waals surface area (Å²) in [5, 5.41) is 3.53. The van der Waals surface area contributed by atoms with Crippen molar-refractivity contribution in [3.63, 3.8) is 0 Å². The minimum absolute atomic E-state index is 0.231. The Kier molecular flexibility index (Phi) is 5.45. The van der Waals surface area contributed by atoms with Crippen LogP contribution in [0.3, 0.4) is 0 Å². The molecule has 0 bridgehead atoms. The quantitative estimate of drug-likeness (QED) is 0.844. The Morgan fingerprint density at radius 3 is 2.61 bits per heavy atom. The van der Waals surface area contributed by atoms with Gasteiger partial charge in [0.25, 0.3) is 0 Å². The molecule has 0 spiro atoms. The molecule has 18 heavy (non-hydrogen) atoms. The van der Waals surface area contributed by atoms with Gasteiger partial charge in [-0.15, -0.1) is 0 Å². The number of hydrogen-bond donors (Lipinski definition) is 1. The molecular weight excluding hydrogens is 228 g/mol. The number of amides is 1. The molecule has 0 aromatic rings. The maximum atomic E-state index is 11.9. The highest BCUT2D eigenvalue weighted by Crippen LogP contribution is 2.17. The third-order valence-electron chi connectivity index (χ3n) is 3.30. The summed E-state index contributed by atoms with van der Waals surface area (Å²) in [6.07, 6.45) is 3.54. The number of nitrogens with zero attached hydrogens (tertiary/aromatic N) is 1.